The average molecular weight is 434 g/mol. The monoisotopic (exact) mass is 434 g/mol. The van der Waals surface area contributed by atoms with Gasteiger partial charge in [-0.15, -0.1) is 0 Å². The van der Waals surface area contributed by atoms with Crippen LogP contribution in [-0.4, -0.2) is 59.0 Å². The zero-order valence-corrected chi connectivity index (χ0v) is 18.2. The van der Waals surface area contributed by atoms with Gasteiger partial charge in [0, 0.05) is 31.8 Å². The number of ether oxygens (including phenoxy) is 1. The molecule has 2 amide bonds. The number of hydrogen-bond acceptors (Lipinski definition) is 6. The Balaban J connectivity index is 1.46. The van der Waals surface area contributed by atoms with E-state index in [1.807, 2.05) is 30.3 Å². The molecule has 8 heteroatoms. The third-order valence-corrected chi connectivity index (χ3v) is 5.45. The summed E-state index contributed by atoms with van der Waals surface area (Å²) in [5.41, 5.74) is 1.33. The summed E-state index contributed by atoms with van der Waals surface area (Å²) >= 11 is 0. The van der Waals surface area contributed by atoms with Crippen molar-refractivity contribution in [3.05, 3.63) is 66.1 Å². The first-order valence-corrected chi connectivity index (χ1v) is 10.7. The SMILES string of the molecule is CN(C)C(=O)c1ccc(-c2noc([C@H]3CCCCN3C(=O)COc3ccccc3)n2)cc1. The molecule has 166 valence electrons. The third kappa shape index (κ3) is 4.80. The minimum absolute atomic E-state index is 0.0388. The van der Waals surface area contributed by atoms with Crippen molar-refractivity contribution < 1.29 is 18.8 Å². The van der Waals surface area contributed by atoms with Crippen LogP contribution in [0.2, 0.25) is 0 Å². The molecule has 32 heavy (non-hydrogen) atoms. The summed E-state index contributed by atoms with van der Waals surface area (Å²) in [4.78, 5) is 32.8. The fourth-order valence-electron chi connectivity index (χ4n) is 3.74. The molecule has 1 aromatic heterocycles. The quantitative estimate of drug-likeness (QED) is 0.589. The van der Waals surface area contributed by atoms with Gasteiger partial charge in [-0.2, -0.15) is 4.98 Å². The van der Waals surface area contributed by atoms with Crippen molar-refractivity contribution >= 4 is 11.8 Å². The molecule has 1 aliphatic heterocycles. The second-order valence-corrected chi connectivity index (χ2v) is 7.93. The van der Waals surface area contributed by atoms with Gasteiger partial charge in [-0.1, -0.05) is 35.5 Å². The zero-order chi connectivity index (χ0) is 22.5. The molecule has 0 radical (unpaired) electrons. The van der Waals surface area contributed by atoms with Crippen LogP contribution < -0.4 is 4.74 Å². The molecule has 0 saturated carbocycles. The van der Waals surface area contributed by atoms with E-state index in [0.717, 1.165) is 24.8 Å². The molecule has 0 bridgehead atoms. The molecular weight excluding hydrogens is 408 g/mol. The number of piperidine rings is 1. The van der Waals surface area contributed by atoms with Crippen molar-refractivity contribution in [3.63, 3.8) is 0 Å². The van der Waals surface area contributed by atoms with Gasteiger partial charge in [0.2, 0.25) is 11.7 Å². The van der Waals surface area contributed by atoms with E-state index in [1.54, 1.807) is 43.3 Å². The average Bonchev–Trinajstić information content (AvgIpc) is 3.33. The third-order valence-electron chi connectivity index (χ3n) is 5.45. The second kappa shape index (κ2) is 9.64. The fourth-order valence-corrected chi connectivity index (χ4v) is 3.74. The molecule has 8 nitrogen and oxygen atoms in total. The van der Waals surface area contributed by atoms with Gasteiger partial charge in [-0.05, 0) is 43.5 Å². The Morgan fingerprint density at radius 3 is 2.56 bits per heavy atom. The van der Waals surface area contributed by atoms with E-state index in [0.29, 0.717) is 29.6 Å². The van der Waals surface area contributed by atoms with E-state index in [2.05, 4.69) is 10.1 Å². The molecule has 0 N–H and O–H groups in total. The van der Waals surface area contributed by atoms with E-state index in [4.69, 9.17) is 9.26 Å². The molecule has 0 aliphatic carbocycles. The van der Waals surface area contributed by atoms with Crippen LogP contribution in [0.25, 0.3) is 11.4 Å². The maximum absolute atomic E-state index is 12.9. The smallest absolute Gasteiger partial charge is 0.261 e. The Bertz CT molecular complexity index is 1060. The molecule has 1 atom stereocenters. The van der Waals surface area contributed by atoms with E-state index in [1.165, 1.54) is 4.90 Å². The van der Waals surface area contributed by atoms with E-state index < -0.39 is 0 Å². The Morgan fingerprint density at radius 2 is 1.84 bits per heavy atom. The summed E-state index contributed by atoms with van der Waals surface area (Å²) in [5, 5.41) is 4.11. The Morgan fingerprint density at radius 1 is 1.09 bits per heavy atom. The largest absolute Gasteiger partial charge is 0.484 e. The Labute approximate surface area is 186 Å². The number of likely N-dealkylation sites (tertiary alicyclic amines) is 1. The number of para-hydroxylation sites is 1. The molecule has 0 unspecified atom stereocenters. The topological polar surface area (TPSA) is 88.8 Å². The molecule has 4 rings (SSSR count). The number of carbonyl (C=O) groups is 2. The molecule has 1 aliphatic rings. The van der Waals surface area contributed by atoms with E-state index >= 15 is 0 Å². The zero-order valence-electron chi connectivity index (χ0n) is 18.2. The van der Waals surface area contributed by atoms with Crippen molar-refractivity contribution in [2.24, 2.45) is 0 Å². The van der Waals surface area contributed by atoms with Crippen LogP contribution in [-0.2, 0) is 4.79 Å². The minimum Gasteiger partial charge on any atom is -0.484 e. The van der Waals surface area contributed by atoms with E-state index in [9.17, 15) is 9.59 Å². The number of benzene rings is 2. The van der Waals surface area contributed by atoms with Crippen molar-refractivity contribution in [2.75, 3.05) is 27.2 Å². The van der Waals surface area contributed by atoms with Gasteiger partial charge in [0.15, 0.2) is 6.61 Å². The first-order valence-electron chi connectivity index (χ1n) is 10.7. The maximum atomic E-state index is 12.9. The van der Waals surface area contributed by atoms with Gasteiger partial charge in [0.25, 0.3) is 11.8 Å². The minimum atomic E-state index is -0.272. The van der Waals surface area contributed by atoms with Gasteiger partial charge in [0.05, 0.1) is 0 Å². The lowest BCUT2D eigenvalue weighted by Gasteiger charge is -2.33. The number of rotatable bonds is 6. The first-order chi connectivity index (χ1) is 15.5. The fraction of sp³-hybridized carbons (Fsp3) is 0.333. The lowest BCUT2D eigenvalue weighted by molar-refractivity contribution is -0.138. The normalized spacial score (nSPS) is 15.9. The summed E-state index contributed by atoms with van der Waals surface area (Å²) in [5.74, 6) is 1.33. The van der Waals surface area contributed by atoms with Gasteiger partial charge in [-0.3, -0.25) is 9.59 Å². The number of carbonyl (C=O) groups excluding carboxylic acids is 2. The highest BCUT2D eigenvalue weighted by Crippen LogP contribution is 2.31. The van der Waals surface area contributed by atoms with Crippen molar-refractivity contribution in [1.29, 1.82) is 0 Å². The van der Waals surface area contributed by atoms with Crippen LogP contribution in [0.3, 0.4) is 0 Å². The van der Waals surface area contributed by atoms with E-state index in [-0.39, 0.29) is 24.5 Å². The maximum Gasteiger partial charge on any atom is 0.261 e. The van der Waals surface area contributed by atoms with Crippen LogP contribution >= 0.6 is 0 Å². The highest BCUT2D eigenvalue weighted by Gasteiger charge is 2.32. The summed E-state index contributed by atoms with van der Waals surface area (Å²) in [6.45, 7) is 0.587. The molecule has 2 aromatic carbocycles. The molecule has 1 fully saturated rings. The summed E-state index contributed by atoms with van der Waals surface area (Å²) < 4.78 is 11.2. The highest BCUT2D eigenvalue weighted by molar-refractivity contribution is 5.94. The van der Waals surface area contributed by atoms with Gasteiger partial charge >= 0.3 is 0 Å². The Hall–Kier alpha value is -3.68. The van der Waals surface area contributed by atoms with Crippen molar-refractivity contribution in [2.45, 2.75) is 25.3 Å². The predicted molar refractivity (Wildman–Crippen MR) is 118 cm³/mol. The van der Waals surface area contributed by atoms with Crippen LogP contribution in [0.15, 0.2) is 59.1 Å². The van der Waals surface area contributed by atoms with Crippen LogP contribution in [0.1, 0.15) is 41.6 Å². The van der Waals surface area contributed by atoms with Crippen LogP contribution in [0.5, 0.6) is 5.75 Å². The number of aromatic nitrogens is 2. The summed E-state index contributed by atoms with van der Waals surface area (Å²) in [6.07, 6.45) is 2.66. The first kappa shape index (κ1) is 21.5. The summed E-state index contributed by atoms with van der Waals surface area (Å²) in [6, 6.07) is 16.1. The van der Waals surface area contributed by atoms with Gasteiger partial charge in [0.1, 0.15) is 11.8 Å². The van der Waals surface area contributed by atoms with Gasteiger partial charge < -0.3 is 19.1 Å². The van der Waals surface area contributed by atoms with Crippen LogP contribution in [0.4, 0.5) is 0 Å². The molecule has 1 saturated heterocycles. The number of hydrogen-bond donors (Lipinski definition) is 0. The van der Waals surface area contributed by atoms with Crippen molar-refractivity contribution in [3.8, 4) is 17.1 Å². The lowest BCUT2D eigenvalue weighted by Crippen LogP contribution is -2.41. The standard InChI is InChI=1S/C24H26N4O4/c1-27(2)24(30)18-13-11-17(12-14-18)22-25-23(32-26-22)20-10-6-7-15-28(20)21(29)16-31-19-8-4-3-5-9-19/h3-5,8-9,11-14,20H,6-7,10,15-16H2,1-2H3/t20-/m1/s1. The van der Waals surface area contributed by atoms with Crippen molar-refractivity contribution in [1.82, 2.24) is 19.9 Å². The predicted octanol–water partition coefficient (Wildman–Crippen LogP) is 3.57. The molecule has 2 heterocycles. The number of nitrogens with zero attached hydrogens (tertiary/aromatic N) is 4. The molecule has 3 aromatic rings. The lowest BCUT2D eigenvalue weighted by atomic mass is 10.0. The number of amides is 2. The molecule has 0 spiro atoms. The Kier molecular flexibility index (Phi) is 6.49. The second-order valence-electron chi connectivity index (χ2n) is 7.93. The molecular formula is C24H26N4O4. The van der Waals surface area contributed by atoms with Crippen LogP contribution in [0, 0.1) is 0 Å². The summed E-state index contributed by atoms with van der Waals surface area (Å²) in [7, 11) is 3.42. The van der Waals surface area contributed by atoms with Gasteiger partial charge in [-0.25, -0.2) is 0 Å². The highest BCUT2D eigenvalue weighted by atomic mass is 16.5.